The maximum atomic E-state index is 12.4. The number of amides is 4. The summed E-state index contributed by atoms with van der Waals surface area (Å²) in [5.74, 6) is -8.44. The van der Waals surface area contributed by atoms with Gasteiger partial charge in [0.2, 0.25) is 0 Å². The molecule has 0 aliphatic carbocycles. The van der Waals surface area contributed by atoms with Gasteiger partial charge in [-0.25, -0.2) is 9.59 Å². The van der Waals surface area contributed by atoms with Gasteiger partial charge in [-0.05, 0) is 0 Å². The molecule has 2 fully saturated rings. The summed E-state index contributed by atoms with van der Waals surface area (Å²) in [6, 6.07) is 0. The largest absolute Gasteiger partial charge is 0.394 e. The lowest BCUT2D eigenvalue weighted by atomic mass is 10.0. The van der Waals surface area contributed by atoms with Crippen LogP contribution in [0.3, 0.4) is 0 Å². The van der Waals surface area contributed by atoms with E-state index in [2.05, 4.69) is 9.68 Å². The molecule has 0 aromatic heterocycles. The van der Waals surface area contributed by atoms with E-state index in [1.54, 1.807) is 0 Å². The number of ether oxygens (including phenoxy) is 1. The molecule has 2 aliphatic heterocycles. The second kappa shape index (κ2) is 11.3. The van der Waals surface area contributed by atoms with E-state index in [0.29, 0.717) is 0 Å². The van der Waals surface area contributed by atoms with E-state index in [4.69, 9.17) is 9.84 Å². The van der Waals surface area contributed by atoms with Crippen molar-refractivity contribution in [3.8, 4) is 0 Å². The van der Waals surface area contributed by atoms with Gasteiger partial charge in [0.05, 0.1) is 13.2 Å². The molecular formula is C18H20N2O13. The Bertz CT molecular complexity index is 851. The lowest BCUT2D eigenvalue weighted by molar-refractivity contribution is -0.198. The molecule has 0 aromatic rings. The van der Waals surface area contributed by atoms with Gasteiger partial charge in [0, 0.05) is 25.7 Å². The van der Waals surface area contributed by atoms with Gasteiger partial charge in [-0.3, -0.25) is 28.8 Å². The summed E-state index contributed by atoms with van der Waals surface area (Å²) in [4.78, 5) is 103. The third-order valence-electron chi connectivity index (χ3n) is 4.36. The van der Waals surface area contributed by atoms with Gasteiger partial charge in [-0.1, -0.05) is 0 Å². The van der Waals surface area contributed by atoms with E-state index in [0.717, 1.165) is 0 Å². The van der Waals surface area contributed by atoms with Gasteiger partial charge < -0.3 is 24.6 Å². The molecule has 15 nitrogen and oxygen atoms in total. The minimum absolute atomic E-state index is 0.180. The Morgan fingerprint density at radius 1 is 0.758 bits per heavy atom. The third kappa shape index (κ3) is 6.71. The van der Waals surface area contributed by atoms with Gasteiger partial charge in [-0.15, -0.1) is 10.1 Å². The van der Waals surface area contributed by atoms with Crippen molar-refractivity contribution in [1.82, 2.24) is 10.1 Å². The van der Waals surface area contributed by atoms with Crippen molar-refractivity contribution in [2.75, 3.05) is 13.2 Å². The Balaban J connectivity index is 1.96. The van der Waals surface area contributed by atoms with Crippen LogP contribution in [0.25, 0.3) is 0 Å². The number of hydroxylamine groups is 4. The van der Waals surface area contributed by atoms with Crippen LogP contribution in [0.2, 0.25) is 0 Å². The van der Waals surface area contributed by atoms with Gasteiger partial charge >= 0.3 is 11.9 Å². The van der Waals surface area contributed by atoms with Crippen LogP contribution in [0.1, 0.15) is 38.5 Å². The van der Waals surface area contributed by atoms with Crippen LogP contribution in [-0.2, 0) is 52.8 Å². The van der Waals surface area contributed by atoms with E-state index in [9.17, 15) is 43.5 Å². The Morgan fingerprint density at radius 2 is 1.15 bits per heavy atom. The first-order valence-electron chi connectivity index (χ1n) is 9.64. The van der Waals surface area contributed by atoms with Gasteiger partial charge in [0.1, 0.15) is 25.0 Å². The first kappa shape index (κ1) is 25.7. The van der Waals surface area contributed by atoms with Gasteiger partial charge in [-0.2, -0.15) is 0 Å². The Morgan fingerprint density at radius 3 is 1.55 bits per heavy atom. The molecule has 0 spiro atoms. The summed E-state index contributed by atoms with van der Waals surface area (Å²) in [5, 5.41) is 19.4. The predicted molar refractivity (Wildman–Crippen MR) is 96.4 cm³/mol. The van der Waals surface area contributed by atoms with Crippen molar-refractivity contribution in [1.29, 1.82) is 0 Å². The molecule has 33 heavy (non-hydrogen) atoms. The monoisotopic (exact) mass is 472 g/mol. The van der Waals surface area contributed by atoms with E-state index in [1.807, 2.05) is 0 Å². The van der Waals surface area contributed by atoms with E-state index >= 15 is 0 Å². The number of nitrogens with zero attached hydrogens (tertiary/aromatic N) is 2. The first-order valence-corrected chi connectivity index (χ1v) is 9.64. The Labute approximate surface area is 185 Å². The molecule has 2 aliphatic rings. The number of carbonyl (C=O) groups is 8. The maximum absolute atomic E-state index is 12.4. The number of imide groups is 2. The number of aliphatic hydroxyl groups excluding tert-OH is 2. The fourth-order valence-corrected chi connectivity index (χ4v) is 2.78. The van der Waals surface area contributed by atoms with Crippen LogP contribution in [-0.4, -0.2) is 92.9 Å². The molecule has 2 N–H and O–H groups in total. The highest BCUT2D eigenvalue weighted by Crippen LogP contribution is 2.15. The van der Waals surface area contributed by atoms with Crippen molar-refractivity contribution in [3.05, 3.63) is 0 Å². The fourth-order valence-electron chi connectivity index (χ4n) is 2.78. The van der Waals surface area contributed by atoms with Crippen LogP contribution >= 0.6 is 0 Å². The lowest BCUT2D eigenvalue weighted by Crippen LogP contribution is -2.44. The molecule has 2 rings (SSSR count). The summed E-state index contributed by atoms with van der Waals surface area (Å²) in [5.41, 5.74) is 0. The molecule has 2 atom stereocenters. The predicted octanol–water partition coefficient (Wildman–Crippen LogP) is -3.14. The number of hydrogen-bond donors (Lipinski definition) is 2. The van der Waals surface area contributed by atoms with Crippen LogP contribution in [0.4, 0.5) is 0 Å². The molecule has 2 heterocycles. The number of ketones is 2. The number of aliphatic hydroxyl groups is 2. The summed E-state index contributed by atoms with van der Waals surface area (Å²) in [7, 11) is 0. The van der Waals surface area contributed by atoms with Gasteiger partial charge in [0.25, 0.3) is 23.6 Å². The fraction of sp³-hybridized carbons (Fsp3) is 0.556. The molecule has 0 bridgehead atoms. The smallest absolute Gasteiger partial charge is 0.340 e. The molecule has 4 amide bonds. The summed E-state index contributed by atoms with van der Waals surface area (Å²) in [6.07, 6.45) is -7.34. The molecule has 180 valence electrons. The molecule has 0 aromatic carbocycles. The zero-order chi connectivity index (χ0) is 24.7. The second-order valence-electron chi connectivity index (χ2n) is 6.84. The zero-order valence-corrected chi connectivity index (χ0v) is 17.1. The summed E-state index contributed by atoms with van der Waals surface area (Å²) in [6.45, 7) is -1.17. The zero-order valence-electron chi connectivity index (χ0n) is 17.1. The maximum Gasteiger partial charge on any atom is 0.340 e. The number of hydrogen-bond acceptors (Lipinski definition) is 13. The van der Waals surface area contributed by atoms with Crippen molar-refractivity contribution in [3.63, 3.8) is 0 Å². The van der Waals surface area contributed by atoms with E-state index in [1.165, 1.54) is 0 Å². The van der Waals surface area contributed by atoms with E-state index in [-0.39, 0.29) is 35.8 Å². The van der Waals surface area contributed by atoms with Crippen molar-refractivity contribution in [2.24, 2.45) is 0 Å². The highest BCUT2D eigenvalue weighted by atomic mass is 16.7. The first-order chi connectivity index (χ1) is 15.5. The quantitative estimate of drug-likeness (QED) is 0.213. The van der Waals surface area contributed by atoms with Crippen LogP contribution < -0.4 is 0 Å². The third-order valence-corrected chi connectivity index (χ3v) is 4.36. The normalized spacial score (nSPS) is 17.9. The number of carbonyl (C=O) groups excluding carboxylic acids is 8. The average molecular weight is 472 g/mol. The van der Waals surface area contributed by atoms with Crippen LogP contribution in [0, 0.1) is 0 Å². The lowest BCUT2D eigenvalue weighted by Gasteiger charge is -2.21. The summed E-state index contributed by atoms with van der Waals surface area (Å²) < 4.78 is 4.90. The minimum atomic E-state index is -2.30. The second-order valence-corrected chi connectivity index (χ2v) is 6.84. The Hall–Kier alpha value is -3.56. The molecule has 0 saturated carbocycles. The van der Waals surface area contributed by atoms with Crippen molar-refractivity contribution >= 4 is 47.1 Å². The standard InChI is InChI=1S/C18H20N2O13/c21-5-6-31-18(10(23)8-16(29)33-20-13(26)3-4-14(20)27)17(30)9(22)7-15(28)32-19-11(24)1-2-12(19)25/h17-18,21,30H,1-8H2. The van der Waals surface area contributed by atoms with Crippen molar-refractivity contribution in [2.45, 2.75) is 50.7 Å². The Kier molecular flexibility index (Phi) is 8.84. The highest BCUT2D eigenvalue weighted by Gasteiger charge is 2.39. The van der Waals surface area contributed by atoms with Crippen molar-refractivity contribution < 1.29 is 63.0 Å². The topological polar surface area (TPSA) is 211 Å². The summed E-state index contributed by atoms with van der Waals surface area (Å²) >= 11 is 0. The molecule has 2 unspecified atom stereocenters. The van der Waals surface area contributed by atoms with Crippen LogP contribution in [0.5, 0.6) is 0 Å². The highest BCUT2D eigenvalue weighted by molar-refractivity contribution is 6.06. The molecule has 0 radical (unpaired) electrons. The SMILES string of the molecule is O=C(CC(=O)C(O)C(OCCO)C(=O)CC(=O)ON1C(=O)CCC1=O)ON1C(=O)CCC1=O. The number of Topliss-reactive ketones (excluding diaryl/α,β-unsaturated/α-hetero) is 2. The molecular weight excluding hydrogens is 452 g/mol. The van der Waals surface area contributed by atoms with Gasteiger partial charge in [0.15, 0.2) is 11.6 Å². The molecule has 2 saturated heterocycles. The molecule has 15 heteroatoms. The van der Waals surface area contributed by atoms with E-state index < -0.39 is 85.4 Å². The minimum Gasteiger partial charge on any atom is -0.394 e. The number of rotatable bonds is 12. The van der Waals surface area contributed by atoms with Crippen LogP contribution in [0.15, 0.2) is 0 Å². The average Bonchev–Trinajstić information content (AvgIpc) is 3.23.